The Bertz CT molecular complexity index is 1010. The standard InChI is InChI=1S/C23H31N3O4/c1-2-23(13-27)12-16-6-10-20(23)26(16)21(29)14-3-9-19-18(11-14)24-22(30)25(19)15-4-7-17(28)8-5-15/h3,9,11,15-17,20,27-28H,2,4-8,10,12-13H2,1H3,(H,24,30)/t15?,16-,17?,20+,23-/m1/s1. The Hall–Kier alpha value is -2.12. The fourth-order valence-corrected chi connectivity index (χ4v) is 6.35. The molecular weight excluding hydrogens is 382 g/mol. The van der Waals surface area contributed by atoms with Gasteiger partial charge in [-0.2, -0.15) is 0 Å². The third kappa shape index (κ3) is 2.86. The molecule has 1 aromatic heterocycles. The molecule has 0 spiro atoms. The molecule has 1 saturated carbocycles. The van der Waals surface area contributed by atoms with Gasteiger partial charge in [0.1, 0.15) is 0 Å². The van der Waals surface area contributed by atoms with Crippen molar-refractivity contribution < 1.29 is 15.0 Å². The molecule has 1 aliphatic carbocycles. The van der Waals surface area contributed by atoms with Crippen LogP contribution in [0.1, 0.15) is 74.7 Å². The van der Waals surface area contributed by atoms with Crippen LogP contribution in [0, 0.1) is 5.41 Å². The molecule has 7 nitrogen and oxygen atoms in total. The van der Waals surface area contributed by atoms with Crippen molar-refractivity contribution in [1.82, 2.24) is 14.5 Å². The number of H-pyrrole nitrogens is 1. The number of amides is 1. The van der Waals surface area contributed by atoms with Crippen molar-refractivity contribution in [2.75, 3.05) is 6.61 Å². The van der Waals surface area contributed by atoms with Crippen LogP contribution >= 0.6 is 0 Å². The van der Waals surface area contributed by atoms with Gasteiger partial charge in [0, 0.05) is 29.1 Å². The van der Waals surface area contributed by atoms with Crippen LogP contribution in [-0.4, -0.2) is 55.4 Å². The molecule has 2 aliphatic heterocycles. The van der Waals surface area contributed by atoms with Crippen molar-refractivity contribution >= 4 is 16.9 Å². The van der Waals surface area contributed by atoms with Crippen LogP contribution in [0.5, 0.6) is 0 Å². The molecule has 1 amide bonds. The van der Waals surface area contributed by atoms with Gasteiger partial charge in [-0.25, -0.2) is 4.79 Å². The van der Waals surface area contributed by atoms with Gasteiger partial charge in [-0.05, 0) is 69.6 Å². The van der Waals surface area contributed by atoms with Gasteiger partial charge in [-0.3, -0.25) is 9.36 Å². The van der Waals surface area contributed by atoms with Crippen molar-refractivity contribution in [3.8, 4) is 0 Å². The molecule has 162 valence electrons. The summed E-state index contributed by atoms with van der Waals surface area (Å²) in [5.74, 6) is 0.00237. The quantitative estimate of drug-likeness (QED) is 0.717. The second-order valence-corrected chi connectivity index (χ2v) is 9.53. The van der Waals surface area contributed by atoms with Crippen molar-refractivity contribution in [1.29, 1.82) is 0 Å². The highest BCUT2D eigenvalue weighted by Gasteiger charge is 2.56. The molecule has 0 radical (unpaired) electrons. The first-order valence-electron chi connectivity index (χ1n) is 11.3. The molecule has 3 fully saturated rings. The minimum atomic E-state index is -0.267. The molecule has 2 bridgehead atoms. The zero-order valence-corrected chi connectivity index (χ0v) is 17.5. The van der Waals surface area contributed by atoms with E-state index >= 15 is 0 Å². The van der Waals surface area contributed by atoms with E-state index in [-0.39, 0.29) is 47.8 Å². The largest absolute Gasteiger partial charge is 0.396 e. The number of carbonyl (C=O) groups excluding carboxylic acids is 1. The van der Waals surface area contributed by atoms with Gasteiger partial charge in [0.05, 0.1) is 23.7 Å². The second kappa shape index (κ2) is 7.24. The van der Waals surface area contributed by atoms with Gasteiger partial charge >= 0.3 is 5.69 Å². The zero-order valence-electron chi connectivity index (χ0n) is 17.5. The third-order valence-electron chi connectivity index (χ3n) is 8.10. The molecule has 3 aliphatic rings. The predicted molar refractivity (Wildman–Crippen MR) is 113 cm³/mol. The summed E-state index contributed by atoms with van der Waals surface area (Å²) in [6.45, 7) is 2.23. The monoisotopic (exact) mass is 413 g/mol. The number of aliphatic hydroxyl groups excluding tert-OH is 2. The van der Waals surface area contributed by atoms with E-state index < -0.39 is 0 Å². The average Bonchev–Trinajstić information content (AvgIpc) is 3.42. The van der Waals surface area contributed by atoms with Crippen molar-refractivity contribution in [3.05, 3.63) is 34.2 Å². The summed E-state index contributed by atoms with van der Waals surface area (Å²) in [7, 11) is 0. The number of nitrogens with one attached hydrogen (secondary N) is 1. The van der Waals surface area contributed by atoms with Crippen LogP contribution in [0.3, 0.4) is 0 Å². The number of rotatable bonds is 4. The smallest absolute Gasteiger partial charge is 0.326 e. The zero-order chi connectivity index (χ0) is 21.0. The maximum Gasteiger partial charge on any atom is 0.326 e. The van der Waals surface area contributed by atoms with Gasteiger partial charge in [-0.15, -0.1) is 0 Å². The number of carbonyl (C=O) groups is 1. The summed E-state index contributed by atoms with van der Waals surface area (Å²) in [5, 5.41) is 19.8. The van der Waals surface area contributed by atoms with Crippen LogP contribution in [0.4, 0.5) is 0 Å². The normalized spacial score (nSPS) is 33.5. The Labute approximate surface area is 175 Å². The summed E-state index contributed by atoms with van der Waals surface area (Å²) in [4.78, 5) is 31.0. The van der Waals surface area contributed by atoms with Gasteiger partial charge in [0.15, 0.2) is 0 Å². The highest BCUT2D eigenvalue weighted by atomic mass is 16.3. The van der Waals surface area contributed by atoms with E-state index in [4.69, 9.17) is 0 Å². The number of nitrogens with zero attached hydrogens (tertiary/aromatic N) is 2. The number of hydrogen-bond donors (Lipinski definition) is 3. The Morgan fingerprint density at radius 2 is 1.90 bits per heavy atom. The minimum Gasteiger partial charge on any atom is -0.396 e. The second-order valence-electron chi connectivity index (χ2n) is 9.53. The summed E-state index contributed by atoms with van der Waals surface area (Å²) in [6.07, 6.45) is 6.42. The molecule has 1 aromatic carbocycles. The topological polar surface area (TPSA) is 98.6 Å². The Morgan fingerprint density at radius 3 is 2.57 bits per heavy atom. The van der Waals surface area contributed by atoms with Gasteiger partial charge in [-0.1, -0.05) is 6.92 Å². The van der Waals surface area contributed by atoms with Crippen LogP contribution < -0.4 is 5.69 Å². The first-order valence-corrected chi connectivity index (χ1v) is 11.3. The first kappa shape index (κ1) is 19.8. The molecule has 7 heteroatoms. The molecule has 30 heavy (non-hydrogen) atoms. The lowest BCUT2D eigenvalue weighted by Crippen LogP contribution is -2.42. The van der Waals surface area contributed by atoms with Crippen molar-refractivity contribution in [2.24, 2.45) is 5.41 Å². The van der Waals surface area contributed by atoms with Gasteiger partial charge in [0.25, 0.3) is 5.91 Å². The lowest BCUT2D eigenvalue weighted by Gasteiger charge is -2.34. The number of hydrogen-bond acceptors (Lipinski definition) is 4. The maximum atomic E-state index is 13.4. The number of imidazole rings is 1. The Balaban J connectivity index is 1.45. The van der Waals surface area contributed by atoms with E-state index in [1.54, 1.807) is 10.6 Å². The molecule has 5 rings (SSSR count). The fourth-order valence-electron chi connectivity index (χ4n) is 6.35. The summed E-state index contributed by atoms with van der Waals surface area (Å²) in [5.41, 5.74) is 1.78. The number of aromatic amines is 1. The molecule has 2 aromatic rings. The SMILES string of the molecule is CC[C@]1(CO)C[C@H]2CC[C@@H]1N2C(=O)c1ccc2c(c1)[nH]c(=O)n2C1CCC(O)CC1. The molecule has 3 N–H and O–H groups in total. The minimum absolute atomic E-state index is 0.00237. The highest BCUT2D eigenvalue weighted by Crippen LogP contribution is 2.51. The van der Waals surface area contributed by atoms with Gasteiger partial charge in [0.2, 0.25) is 0 Å². The van der Waals surface area contributed by atoms with Crippen LogP contribution in [0.15, 0.2) is 23.0 Å². The average molecular weight is 414 g/mol. The molecule has 2 saturated heterocycles. The predicted octanol–water partition coefficient (Wildman–Crippen LogP) is 2.57. The van der Waals surface area contributed by atoms with Crippen molar-refractivity contribution in [3.63, 3.8) is 0 Å². The first-order chi connectivity index (χ1) is 14.5. The summed E-state index contributed by atoms with van der Waals surface area (Å²) < 4.78 is 1.79. The molecular formula is C23H31N3O4. The van der Waals surface area contributed by atoms with E-state index in [2.05, 4.69) is 11.9 Å². The van der Waals surface area contributed by atoms with Crippen LogP contribution in [0.25, 0.3) is 11.0 Å². The third-order valence-corrected chi connectivity index (χ3v) is 8.10. The Morgan fingerprint density at radius 1 is 1.17 bits per heavy atom. The number of benzene rings is 1. The van der Waals surface area contributed by atoms with Crippen LogP contribution in [0.2, 0.25) is 0 Å². The summed E-state index contributed by atoms with van der Waals surface area (Å²) in [6, 6.07) is 5.89. The lowest BCUT2D eigenvalue weighted by molar-refractivity contribution is 0.0557. The fraction of sp³-hybridized carbons (Fsp3) is 0.652. The Kier molecular flexibility index (Phi) is 4.78. The molecule has 0 unspecified atom stereocenters. The van der Waals surface area contributed by atoms with Gasteiger partial charge < -0.3 is 20.1 Å². The van der Waals surface area contributed by atoms with Crippen molar-refractivity contribution in [2.45, 2.75) is 82.5 Å². The number of aromatic nitrogens is 2. The van der Waals surface area contributed by atoms with E-state index in [0.29, 0.717) is 23.9 Å². The van der Waals surface area contributed by atoms with Crippen LogP contribution in [-0.2, 0) is 0 Å². The maximum absolute atomic E-state index is 13.4. The summed E-state index contributed by atoms with van der Waals surface area (Å²) >= 11 is 0. The van der Waals surface area contributed by atoms with E-state index in [0.717, 1.165) is 44.0 Å². The molecule has 3 atom stereocenters. The highest BCUT2D eigenvalue weighted by molar-refractivity contribution is 5.98. The molecule has 3 heterocycles. The van der Waals surface area contributed by atoms with E-state index in [1.165, 1.54) is 0 Å². The lowest BCUT2D eigenvalue weighted by atomic mass is 9.72. The van der Waals surface area contributed by atoms with E-state index in [1.807, 2.05) is 17.0 Å². The van der Waals surface area contributed by atoms with E-state index in [9.17, 15) is 19.8 Å². The number of fused-ring (bicyclic) bond motifs is 3. The number of aliphatic hydroxyl groups is 2.